The molecule has 4 rings (SSSR count). The number of carbonyl (C=O) groups excluding carboxylic acids is 1. The van der Waals surface area contributed by atoms with Crippen LogP contribution in [0.3, 0.4) is 0 Å². The van der Waals surface area contributed by atoms with Crippen LogP contribution in [0.1, 0.15) is 24.3 Å². The normalized spacial score (nSPS) is 11.5. The molecule has 0 saturated carbocycles. The quantitative estimate of drug-likeness (QED) is 0.438. The average molecular weight is 458 g/mol. The van der Waals surface area contributed by atoms with Crippen LogP contribution in [0, 0.1) is 0 Å². The molecule has 0 saturated heterocycles. The molecule has 1 N–H and O–H groups in total. The van der Waals surface area contributed by atoms with Gasteiger partial charge in [-0.3, -0.25) is 10.1 Å². The molecule has 0 bridgehead atoms. The summed E-state index contributed by atoms with van der Waals surface area (Å²) in [6.07, 6.45) is 0. The molecule has 0 fully saturated rings. The number of benzene rings is 2. The van der Waals surface area contributed by atoms with Crippen molar-refractivity contribution in [3.8, 4) is 17.1 Å². The Morgan fingerprint density at radius 1 is 1.13 bits per heavy atom. The van der Waals surface area contributed by atoms with Crippen molar-refractivity contribution in [1.29, 1.82) is 0 Å². The van der Waals surface area contributed by atoms with Crippen molar-refractivity contribution >= 4 is 42.4 Å². The van der Waals surface area contributed by atoms with Crippen LogP contribution in [-0.2, 0) is 9.84 Å². The van der Waals surface area contributed by atoms with Crippen molar-refractivity contribution in [2.24, 2.45) is 0 Å². The summed E-state index contributed by atoms with van der Waals surface area (Å²) in [7, 11) is -3.28. The number of carbonyl (C=O) groups is 1. The molecule has 2 heterocycles. The van der Waals surface area contributed by atoms with Gasteiger partial charge in [0, 0.05) is 11.6 Å². The van der Waals surface area contributed by atoms with Crippen LogP contribution in [0.5, 0.6) is 5.75 Å². The molecule has 0 radical (unpaired) electrons. The molecular weight excluding hydrogens is 438 g/mol. The van der Waals surface area contributed by atoms with E-state index in [1.165, 1.54) is 29.5 Å². The van der Waals surface area contributed by atoms with E-state index in [4.69, 9.17) is 9.26 Å². The first-order chi connectivity index (χ1) is 14.9. The van der Waals surface area contributed by atoms with Gasteiger partial charge in [-0.2, -0.15) is 0 Å². The molecule has 4 aromatic rings. The Morgan fingerprint density at radius 2 is 1.90 bits per heavy atom. The molecule has 1 amide bonds. The van der Waals surface area contributed by atoms with Gasteiger partial charge in [0.1, 0.15) is 5.75 Å². The number of aromatic nitrogens is 2. The van der Waals surface area contributed by atoms with Gasteiger partial charge in [-0.25, -0.2) is 13.4 Å². The predicted molar refractivity (Wildman–Crippen MR) is 118 cm³/mol. The lowest BCUT2D eigenvalue weighted by Gasteiger charge is -2.01. The van der Waals surface area contributed by atoms with E-state index in [0.29, 0.717) is 23.1 Å². The Hall–Kier alpha value is -3.24. The Kier molecular flexibility index (Phi) is 5.75. The van der Waals surface area contributed by atoms with Crippen molar-refractivity contribution in [1.82, 2.24) is 10.1 Å². The van der Waals surface area contributed by atoms with Crippen molar-refractivity contribution in [3.63, 3.8) is 0 Å². The highest BCUT2D eigenvalue weighted by molar-refractivity contribution is 7.91. The minimum absolute atomic E-state index is 0.0255. The molecule has 0 aliphatic heterocycles. The SMILES string of the molecule is CCOc1ccc2nc(NC(=O)c3cc(-c4ccc(S(=O)(=O)CC)cc4)on3)sc2c1. The Balaban J connectivity index is 1.50. The van der Waals surface area contributed by atoms with Crippen molar-refractivity contribution in [2.45, 2.75) is 18.7 Å². The number of fused-ring (bicyclic) bond motifs is 1. The number of nitrogens with one attached hydrogen (secondary N) is 1. The summed E-state index contributed by atoms with van der Waals surface area (Å²) in [5.41, 5.74) is 1.46. The maximum atomic E-state index is 12.6. The number of sulfone groups is 1. The summed E-state index contributed by atoms with van der Waals surface area (Å²) >= 11 is 1.33. The third-order valence-electron chi connectivity index (χ3n) is 4.51. The lowest BCUT2D eigenvalue weighted by atomic mass is 10.1. The Labute approximate surface area is 182 Å². The summed E-state index contributed by atoms with van der Waals surface area (Å²) in [4.78, 5) is 17.2. The standard InChI is InChI=1S/C21H19N3O5S2/c1-3-28-14-7-10-16-19(11-14)30-21(22-16)23-20(25)17-12-18(29-24-17)13-5-8-15(9-6-13)31(26,27)4-2/h5-12H,3-4H2,1-2H3,(H,22,23,25). The van der Waals surface area contributed by atoms with Crippen LogP contribution in [0.4, 0.5) is 5.13 Å². The molecule has 0 unspecified atom stereocenters. The van der Waals surface area contributed by atoms with Gasteiger partial charge >= 0.3 is 0 Å². The third-order valence-corrected chi connectivity index (χ3v) is 7.20. The van der Waals surface area contributed by atoms with E-state index >= 15 is 0 Å². The predicted octanol–water partition coefficient (Wildman–Crippen LogP) is 4.40. The smallest absolute Gasteiger partial charge is 0.279 e. The second-order valence-corrected chi connectivity index (χ2v) is 9.85. The van der Waals surface area contributed by atoms with E-state index < -0.39 is 15.7 Å². The summed E-state index contributed by atoms with van der Waals surface area (Å²) in [6, 6.07) is 13.3. The minimum Gasteiger partial charge on any atom is -0.494 e. The van der Waals surface area contributed by atoms with Crippen molar-refractivity contribution in [3.05, 3.63) is 54.2 Å². The highest BCUT2D eigenvalue weighted by Crippen LogP contribution is 2.30. The number of anilines is 1. The zero-order valence-corrected chi connectivity index (χ0v) is 18.4. The number of hydrogen-bond acceptors (Lipinski definition) is 8. The summed E-state index contributed by atoms with van der Waals surface area (Å²) < 4.78 is 35.5. The van der Waals surface area contributed by atoms with Gasteiger partial charge in [0.25, 0.3) is 5.91 Å². The number of ether oxygens (including phenoxy) is 1. The third kappa shape index (κ3) is 4.44. The summed E-state index contributed by atoms with van der Waals surface area (Å²) in [5.74, 6) is 0.675. The Morgan fingerprint density at radius 3 is 2.61 bits per heavy atom. The first-order valence-corrected chi connectivity index (χ1v) is 12.0. The summed E-state index contributed by atoms with van der Waals surface area (Å²) in [5, 5.41) is 6.98. The first-order valence-electron chi connectivity index (χ1n) is 9.54. The number of rotatable bonds is 7. The molecule has 160 valence electrons. The zero-order valence-electron chi connectivity index (χ0n) is 16.8. The lowest BCUT2D eigenvalue weighted by Crippen LogP contribution is -2.11. The van der Waals surface area contributed by atoms with Gasteiger partial charge in [0.15, 0.2) is 26.4 Å². The molecule has 0 aliphatic carbocycles. The van der Waals surface area contributed by atoms with Crippen molar-refractivity contribution < 1.29 is 22.5 Å². The van der Waals surface area contributed by atoms with Gasteiger partial charge in [-0.05, 0) is 49.4 Å². The van der Waals surface area contributed by atoms with Crippen molar-refractivity contribution in [2.75, 3.05) is 17.7 Å². The first kappa shape index (κ1) is 21.0. The topological polar surface area (TPSA) is 111 Å². The lowest BCUT2D eigenvalue weighted by molar-refractivity contribution is 0.101. The van der Waals surface area contributed by atoms with Crippen LogP contribution in [-0.4, -0.2) is 36.8 Å². The maximum absolute atomic E-state index is 12.6. The molecule has 8 nitrogen and oxygen atoms in total. The van der Waals surface area contributed by atoms with Gasteiger partial charge in [0.05, 0.1) is 27.5 Å². The van der Waals surface area contributed by atoms with Gasteiger partial charge in [-0.1, -0.05) is 23.4 Å². The number of thiazole rings is 1. The molecule has 2 aromatic carbocycles. The average Bonchev–Trinajstić information content (AvgIpc) is 3.41. The van der Waals surface area contributed by atoms with Crippen LogP contribution < -0.4 is 10.1 Å². The Bertz CT molecular complexity index is 1340. The largest absolute Gasteiger partial charge is 0.494 e. The van der Waals surface area contributed by atoms with Gasteiger partial charge in [0.2, 0.25) is 0 Å². The molecule has 10 heteroatoms. The fourth-order valence-electron chi connectivity index (χ4n) is 2.89. The zero-order chi connectivity index (χ0) is 22.0. The van der Waals surface area contributed by atoms with Crippen LogP contribution in [0.2, 0.25) is 0 Å². The second kappa shape index (κ2) is 8.48. The van der Waals surface area contributed by atoms with Gasteiger partial charge in [-0.15, -0.1) is 0 Å². The fourth-order valence-corrected chi connectivity index (χ4v) is 4.66. The fraction of sp³-hybridized carbons (Fsp3) is 0.190. The van der Waals surface area contributed by atoms with Crippen LogP contribution in [0.15, 0.2) is 57.9 Å². The molecular formula is C21H19N3O5S2. The summed E-state index contributed by atoms with van der Waals surface area (Å²) in [6.45, 7) is 4.07. The minimum atomic E-state index is -3.28. The second-order valence-electron chi connectivity index (χ2n) is 6.54. The van der Waals surface area contributed by atoms with E-state index in [-0.39, 0.29) is 16.3 Å². The van der Waals surface area contributed by atoms with E-state index in [0.717, 1.165) is 16.0 Å². The van der Waals surface area contributed by atoms with E-state index in [2.05, 4.69) is 15.5 Å². The van der Waals surface area contributed by atoms with E-state index in [1.54, 1.807) is 19.1 Å². The molecule has 2 aromatic heterocycles. The van der Waals surface area contributed by atoms with Crippen LogP contribution in [0.25, 0.3) is 21.5 Å². The highest BCUT2D eigenvalue weighted by atomic mass is 32.2. The number of amides is 1. The maximum Gasteiger partial charge on any atom is 0.279 e. The molecule has 31 heavy (non-hydrogen) atoms. The molecule has 0 atom stereocenters. The molecule has 0 aliphatic rings. The molecule has 0 spiro atoms. The monoisotopic (exact) mass is 457 g/mol. The number of nitrogens with zero attached hydrogens (tertiary/aromatic N) is 2. The highest BCUT2D eigenvalue weighted by Gasteiger charge is 2.17. The number of hydrogen-bond donors (Lipinski definition) is 1. The van der Waals surface area contributed by atoms with E-state index in [1.807, 2.05) is 25.1 Å². The van der Waals surface area contributed by atoms with E-state index in [9.17, 15) is 13.2 Å². The van der Waals surface area contributed by atoms with Gasteiger partial charge < -0.3 is 9.26 Å². The van der Waals surface area contributed by atoms with Crippen LogP contribution >= 0.6 is 11.3 Å².